The van der Waals surface area contributed by atoms with E-state index in [1.807, 2.05) is 6.08 Å². The normalized spacial score (nSPS) is 35.2. The Labute approximate surface area is 107 Å². The summed E-state index contributed by atoms with van der Waals surface area (Å²) in [5.74, 6) is -0.965. The van der Waals surface area contributed by atoms with Crippen LogP contribution in [-0.4, -0.2) is 16.9 Å². The molecule has 2 aliphatic rings. The van der Waals surface area contributed by atoms with E-state index in [1.165, 1.54) is 0 Å². The monoisotopic (exact) mass is 246 g/mol. The molecular weight excluding hydrogens is 228 g/mol. The Bertz CT molecular complexity index is 472. The fourth-order valence-electron chi connectivity index (χ4n) is 3.11. The van der Waals surface area contributed by atoms with Crippen molar-refractivity contribution in [3.05, 3.63) is 36.5 Å². The Morgan fingerprint density at radius 2 is 2.22 bits per heavy atom. The number of carbonyl (C=O) groups excluding carboxylic acids is 1. The molecule has 3 atom stereocenters. The predicted octanol–water partition coefficient (Wildman–Crippen LogP) is 2.74. The van der Waals surface area contributed by atoms with E-state index < -0.39 is 5.97 Å². The van der Waals surface area contributed by atoms with Gasteiger partial charge in [-0.3, -0.25) is 4.79 Å². The van der Waals surface area contributed by atoms with Gasteiger partial charge in [-0.15, -0.1) is 0 Å². The molecule has 0 aromatic heterocycles. The van der Waals surface area contributed by atoms with E-state index in [0.29, 0.717) is 12.0 Å². The molecule has 2 unspecified atom stereocenters. The molecule has 3 heteroatoms. The van der Waals surface area contributed by atoms with Crippen LogP contribution in [0.3, 0.4) is 0 Å². The molecule has 0 radical (unpaired) electrons. The van der Waals surface area contributed by atoms with Crippen LogP contribution in [0.5, 0.6) is 0 Å². The number of carbonyl (C=O) groups is 2. The highest BCUT2D eigenvalue weighted by Gasteiger charge is 2.44. The van der Waals surface area contributed by atoms with Gasteiger partial charge in [0, 0.05) is 5.57 Å². The first-order chi connectivity index (χ1) is 8.35. The summed E-state index contributed by atoms with van der Waals surface area (Å²) in [5, 5.41) is 9.01. The van der Waals surface area contributed by atoms with Crippen LogP contribution in [0.15, 0.2) is 36.5 Å². The minimum absolute atomic E-state index is 0.0286. The number of aliphatic carboxylic acids is 1. The Morgan fingerprint density at radius 3 is 2.83 bits per heavy atom. The van der Waals surface area contributed by atoms with E-state index >= 15 is 0 Å². The van der Waals surface area contributed by atoms with Gasteiger partial charge in [0.25, 0.3) is 0 Å². The van der Waals surface area contributed by atoms with Gasteiger partial charge < -0.3 is 5.11 Å². The Balaban J connectivity index is 2.25. The van der Waals surface area contributed by atoms with E-state index in [9.17, 15) is 9.59 Å². The summed E-state index contributed by atoms with van der Waals surface area (Å²) in [7, 11) is 0. The van der Waals surface area contributed by atoms with Crippen molar-refractivity contribution in [3.63, 3.8) is 0 Å². The van der Waals surface area contributed by atoms with Crippen LogP contribution >= 0.6 is 0 Å². The number of hydrogen-bond donors (Lipinski definition) is 1. The molecule has 0 aromatic carbocycles. The Morgan fingerprint density at radius 1 is 1.56 bits per heavy atom. The number of hydrogen-bond acceptors (Lipinski definition) is 2. The Hall–Kier alpha value is -1.64. The predicted molar refractivity (Wildman–Crippen MR) is 69.0 cm³/mol. The molecule has 96 valence electrons. The lowest BCUT2D eigenvalue weighted by Gasteiger charge is -2.45. The number of carboxylic acids is 1. The van der Waals surface area contributed by atoms with Crippen molar-refractivity contribution in [1.29, 1.82) is 0 Å². The highest BCUT2D eigenvalue weighted by Crippen LogP contribution is 2.50. The second-order valence-corrected chi connectivity index (χ2v) is 5.58. The molecule has 1 saturated carbocycles. The number of fused-ring (bicyclic) bond motifs is 1. The quantitative estimate of drug-likeness (QED) is 0.762. The molecule has 0 saturated heterocycles. The first-order valence-corrected chi connectivity index (χ1v) is 6.19. The molecule has 2 aliphatic carbocycles. The van der Waals surface area contributed by atoms with E-state index in [2.05, 4.69) is 20.1 Å². The van der Waals surface area contributed by atoms with Crippen LogP contribution < -0.4 is 0 Å². The van der Waals surface area contributed by atoms with E-state index in [4.69, 9.17) is 5.11 Å². The molecule has 1 N–H and O–H groups in total. The SMILES string of the molecule is C=C(C(=O)O)C1CC[C@@]2(C)C=CC(=O)C(=C)C2C1. The molecule has 0 aliphatic heterocycles. The molecule has 1 fully saturated rings. The molecule has 0 heterocycles. The maximum Gasteiger partial charge on any atom is 0.331 e. The van der Waals surface area contributed by atoms with Gasteiger partial charge in [0.15, 0.2) is 5.78 Å². The van der Waals surface area contributed by atoms with Crippen LogP contribution in [0, 0.1) is 17.3 Å². The van der Waals surface area contributed by atoms with Gasteiger partial charge in [0.05, 0.1) is 0 Å². The maximum absolute atomic E-state index is 11.7. The number of rotatable bonds is 2. The van der Waals surface area contributed by atoms with Crippen molar-refractivity contribution in [2.24, 2.45) is 17.3 Å². The van der Waals surface area contributed by atoms with Gasteiger partial charge >= 0.3 is 5.97 Å². The van der Waals surface area contributed by atoms with Crippen molar-refractivity contribution in [2.45, 2.75) is 26.2 Å². The molecule has 0 bridgehead atoms. The topological polar surface area (TPSA) is 54.4 Å². The van der Waals surface area contributed by atoms with Gasteiger partial charge in [-0.2, -0.15) is 0 Å². The fraction of sp³-hybridized carbons (Fsp3) is 0.467. The van der Waals surface area contributed by atoms with E-state index in [1.54, 1.807) is 6.08 Å². The summed E-state index contributed by atoms with van der Waals surface area (Å²) in [4.78, 5) is 22.7. The molecular formula is C15H18O3. The minimum Gasteiger partial charge on any atom is -0.478 e. The van der Waals surface area contributed by atoms with Gasteiger partial charge in [-0.25, -0.2) is 4.79 Å². The molecule has 2 rings (SSSR count). The molecule has 0 amide bonds. The zero-order valence-corrected chi connectivity index (χ0v) is 10.6. The summed E-state index contributed by atoms with van der Waals surface area (Å²) in [6, 6.07) is 0. The zero-order valence-electron chi connectivity index (χ0n) is 10.6. The fourth-order valence-corrected chi connectivity index (χ4v) is 3.11. The van der Waals surface area contributed by atoms with Crippen LogP contribution in [0.4, 0.5) is 0 Å². The lowest BCUT2D eigenvalue weighted by molar-refractivity contribution is -0.133. The van der Waals surface area contributed by atoms with E-state index in [0.717, 1.165) is 12.8 Å². The van der Waals surface area contributed by atoms with Gasteiger partial charge in [-0.1, -0.05) is 26.2 Å². The lowest BCUT2D eigenvalue weighted by Crippen LogP contribution is -2.39. The second-order valence-electron chi connectivity index (χ2n) is 5.58. The zero-order chi connectivity index (χ0) is 13.5. The summed E-state index contributed by atoms with van der Waals surface area (Å²) < 4.78 is 0. The van der Waals surface area contributed by atoms with E-state index in [-0.39, 0.29) is 28.6 Å². The highest BCUT2D eigenvalue weighted by atomic mass is 16.4. The largest absolute Gasteiger partial charge is 0.478 e. The first kappa shape index (κ1) is 12.8. The third-order valence-electron chi connectivity index (χ3n) is 4.47. The van der Waals surface area contributed by atoms with Gasteiger partial charge in [-0.05, 0) is 48.2 Å². The number of allylic oxidation sites excluding steroid dienone is 3. The van der Waals surface area contributed by atoms with Crippen molar-refractivity contribution in [1.82, 2.24) is 0 Å². The average Bonchev–Trinajstić information content (AvgIpc) is 2.33. The van der Waals surface area contributed by atoms with Crippen molar-refractivity contribution in [3.8, 4) is 0 Å². The molecule has 3 nitrogen and oxygen atoms in total. The summed E-state index contributed by atoms with van der Waals surface area (Å²) in [6.07, 6.45) is 5.91. The van der Waals surface area contributed by atoms with Gasteiger partial charge in [0.2, 0.25) is 0 Å². The summed E-state index contributed by atoms with van der Waals surface area (Å²) in [6.45, 7) is 9.65. The molecule has 18 heavy (non-hydrogen) atoms. The van der Waals surface area contributed by atoms with Crippen LogP contribution in [0.1, 0.15) is 26.2 Å². The standard InChI is InChI=1S/C15H18O3/c1-9(14(17)18)11-4-6-15(3)7-5-13(16)10(2)12(15)8-11/h5,7,11-12H,1-2,4,6,8H2,3H3,(H,17,18)/t11?,12?,15-/m0/s1. The Kier molecular flexibility index (Phi) is 3.01. The molecule has 0 aromatic rings. The third kappa shape index (κ3) is 1.94. The van der Waals surface area contributed by atoms with Crippen molar-refractivity contribution < 1.29 is 14.7 Å². The van der Waals surface area contributed by atoms with Crippen LogP contribution in [-0.2, 0) is 9.59 Å². The van der Waals surface area contributed by atoms with Crippen molar-refractivity contribution in [2.75, 3.05) is 0 Å². The summed E-state index contributed by atoms with van der Waals surface area (Å²) in [5.41, 5.74) is 0.815. The smallest absolute Gasteiger partial charge is 0.331 e. The highest BCUT2D eigenvalue weighted by molar-refractivity contribution is 6.05. The molecule has 0 spiro atoms. The van der Waals surface area contributed by atoms with Crippen LogP contribution in [0.2, 0.25) is 0 Å². The van der Waals surface area contributed by atoms with Crippen molar-refractivity contribution >= 4 is 11.8 Å². The minimum atomic E-state index is -0.938. The third-order valence-corrected chi connectivity index (χ3v) is 4.47. The first-order valence-electron chi connectivity index (χ1n) is 6.19. The second kappa shape index (κ2) is 4.23. The lowest BCUT2D eigenvalue weighted by atomic mass is 9.58. The maximum atomic E-state index is 11.7. The number of ketones is 1. The van der Waals surface area contributed by atoms with Gasteiger partial charge in [0.1, 0.15) is 0 Å². The summed E-state index contributed by atoms with van der Waals surface area (Å²) >= 11 is 0. The number of carboxylic acid groups (broad SMARTS) is 1. The average molecular weight is 246 g/mol. The van der Waals surface area contributed by atoms with Crippen LogP contribution in [0.25, 0.3) is 0 Å².